The summed E-state index contributed by atoms with van der Waals surface area (Å²) in [7, 11) is 0. The molecule has 0 fully saturated rings. The van der Waals surface area contributed by atoms with Crippen LogP contribution in [0.15, 0.2) is 0 Å². The van der Waals surface area contributed by atoms with Gasteiger partial charge in [0.15, 0.2) is 0 Å². The number of alkyl carbamates (subject to hydrolysis) is 1. The van der Waals surface area contributed by atoms with Gasteiger partial charge in [-0.15, -0.1) is 0 Å². The molecular formula is C9H18NNaO5. The van der Waals surface area contributed by atoms with Crippen LogP contribution < -0.4 is 5.32 Å². The number of aliphatic hydroxyl groups excluding tert-OH is 1. The van der Waals surface area contributed by atoms with Crippen LogP contribution in [0, 0.1) is 0 Å². The Balaban J connectivity index is 0. The maximum atomic E-state index is 11.1. The van der Waals surface area contributed by atoms with Crippen molar-refractivity contribution in [3.63, 3.8) is 0 Å². The first-order chi connectivity index (χ1) is 6.70. The molecule has 1 atom stereocenters. The molecule has 6 nitrogen and oxygen atoms in total. The molecule has 0 bridgehead atoms. The molecule has 16 heavy (non-hydrogen) atoms. The standard InChI is InChI=1S/C9H17NO5.Na.H/c1-9(2,3)15-8(14)10-6(11)4-5-7(12)13;;/h6,11H,4-5H2,1-3H3,(H,10,14)(H,12,13);;. The number of amides is 1. The fraction of sp³-hybridized carbons (Fsp3) is 0.778. The summed E-state index contributed by atoms with van der Waals surface area (Å²) in [5.74, 6) is -1.03. The van der Waals surface area contributed by atoms with E-state index in [-0.39, 0.29) is 42.4 Å². The minimum absolute atomic E-state index is 0. The first-order valence-corrected chi connectivity index (χ1v) is 4.60. The molecule has 0 saturated carbocycles. The molecule has 0 spiro atoms. The number of carboxylic acids is 1. The van der Waals surface area contributed by atoms with Crippen LogP contribution in [0.3, 0.4) is 0 Å². The second kappa shape index (κ2) is 7.89. The number of ether oxygens (including phenoxy) is 1. The summed E-state index contributed by atoms with van der Waals surface area (Å²) in [6.07, 6.45) is -2.22. The summed E-state index contributed by atoms with van der Waals surface area (Å²) < 4.78 is 4.86. The average molecular weight is 243 g/mol. The van der Waals surface area contributed by atoms with Gasteiger partial charge in [-0.25, -0.2) is 4.79 Å². The molecular weight excluding hydrogens is 225 g/mol. The van der Waals surface area contributed by atoms with Gasteiger partial charge in [0.2, 0.25) is 0 Å². The number of hydrogen-bond donors (Lipinski definition) is 3. The fourth-order valence-electron chi connectivity index (χ4n) is 0.776. The van der Waals surface area contributed by atoms with E-state index in [1.807, 2.05) is 0 Å². The van der Waals surface area contributed by atoms with Gasteiger partial charge in [0.05, 0.1) is 0 Å². The van der Waals surface area contributed by atoms with Crippen LogP contribution in [0.1, 0.15) is 33.6 Å². The van der Waals surface area contributed by atoms with Gasteiger partial charge >= 0.3 is 41.6 Å². The predicted octanol–water partition coefficient (Wildman–Crippen LogP) is 0.0458. The Morgan fingerprint density at radius 2 is 1.88 bits per heavy atom. The third-order valence-electron chi connectivity index (χ3n) is 1.31. The van der Waals surface area contributed by atoms with E-state index < -0.39 is 23.9 Å². The molecule has 0 aliphatic carbocycles. The van der Waals surface area contributed by atoms with Crippen LogP contribution in [0.5, 0.6) is 0 Å². The number of carboxylic acid groups (broad SMARTS) is 1. The summed E-state index contributed by atoms with van der Waals surface area (Å²) in [6.45, 7) is 5.07. The normalized spacial score (nSPS) is 12.2. The monoisotopic (exact) mass is 243 g/mol. The van der Waals surface area contributed by atoms with Gasteiger partial charge in [-0.2, -0.15) is 0 Å². The van der Waals surface area contributed by atoms with Crippen molar-refractivity contribution >= 4 is 41.6 Å². The van der Waals surface area contributed by atoms with Crippen molar-refractivity contribution in [3.8, 4) is 0 Å². The second-order valence-corrected chi connectivity index (χ2v) is 4.09. The molecule has 0 heterocycles. The predicted molar refractivity (Wildman–Crippen MR) is 59.4 cm³/mol. The Hall–Kier alpha value is -0.300. The SMILES string of the molecule is CC(C)(C)OC(=O)NC(O)CCC(=O)O.[NaH]. The van der Waals surface area contributed by atoms with E-state index >= 15 is 0 Å². The van der Waals surface area contributed by atoms with Gasteiger partial charge in [-0.05, 0) is 20.8 Å². The molecule has 1 amide bonds. The van der Waals surface area contributed by atoms with Crippen molar-refractivity contribution < 1.29 is 24.5 Å². The summed E-state index contributed by atoms with van der Waals surface area (Å²) in [6, 6.07) is 0. The van der Waals surface area contributed by atoms with Gasteiger partial charge in [-0.1, -0.05) is 0 Å². The summed E-state index contributed by atoms with van der Waals surface area (Å²) in [5.41, 5.74) is -0.642. The number of aliphatic hydroxyl groups is 1. The van der Waals surface area contributed by atoms with Crippen molar-refractivity contribution in [3.05, 3.63) is 0 Å². The Kier molecular flexibility index (Phi) is 8.91. The number of rotatable bonds is 4. The zero-order valence-corrected chi connectivity index (χ0v) is 9.11. The molecule has 0 aliphatic rings. The van der Waals surface area contributed by atoms with Gasteiger partial charge in [0.1, 0.15) is 11.8 Å². The van der Waals surface area contributed by atoms with Crippen molar-refractivity contribution in [2.24, 2.45) is 0 Å². The van der Waals surface area contributed by atoms with Gasteiger partial charge in [0.25, 0.3) is 0 Å². The van der Waals surface area contributed by atoms with E-state index in [1.165, 1.54) is 0 Å². The zero-order valence-electron chi connectivity index (χ0n) is 9.11. The quantitative estimate of drug-likeness (QED) is 0.479. The first-order valence-electron chi connectivity index (χ1n) is 4.60. The fourth-order valence-corrected chi connectivity index (χ4v) is 0.776. The van der Waals surface area contributed by atoms with Crippen molar-refractivity contribution in [2.45, 2.75) is 45.4 Å². The van der Waals surface area contributed by atoms with Crippen LogP contribution in [-0.2, 0) is 9.53 Å². The molecule has 0 aromatic heterocycles. The van der Waals surface area contributed by atoms with Crippen molar-refractivity contribution in [2.75, 3.05) is 0 Å². The molecule has 0 aromatic rings. The average Bonchev–Trinajstić information content (AvgIpc) is 1.96. The summed E-state index contributed by atoms with van der Waals surface area (Å²) in [4.78, 5) is 21.2. The van der Waals surface area contributed by atoms with E-state index in [2.05, 4.69) is 5.32 Å². The first kappa shape index (κ1) is 18.1. The second-order valence-electron chi connectivity index (χ2n) is 4.09. The number of nitrogens with one attached hydrogen (secondary N) is 1. The summed E-state index contributed by atoms with van der Waals surface area (Å²) >= 11 is 0. The van der Waals surface area contributed by atoms with E-state index in [1.54, 1.807) is 20.8 Å². The van der Waals surface area contributed by atoms with Crippen LogP contribution in [0.2, 0.25) is 0 Å². The minimum atomic E-state index is -1.20. The van der Waals surface area contributed by atoms with E-state index in [4.69, 9.17) is 9.84 Å². The molecule has 3 N–H and O–H groups in total. The Labute approximate surface area is 117 Å². The topological polar surface area (TPSA) is 95.9 Å². The van der Waals surface area contributed by atoms with E-state index in [0.717, 1.165) is 0 Å². The number of aliphatic carboxylic acids is 1. The van der Waals surface area contributed by atoms with Crippen LogP contribution in [-0.4, -0.2) is 63.7 Å². The van der Waals surface area contributed by atoms with Gasteiger partial charge in [0, 0.05) is 12.8 Å². The van der Waals surface area contributed by atoms with Gasteiger partial charge < -0.3 is 14.9 Å². The molecule has 0 radical (unpaired) electrons. The maximum absolute atomic E-state index is 11.1. The Morgan fingerprint density at radius 3 is 2.25 bits per heavy atom. The Morgan fingerprint density at radius 1 is 1.38 bits per heavy atom. The van der Waals surface area contributed by atoms with Crippen LogP contribution in [0.4, 0.5) is 4.79 Å². The van der Waals surface area contributed by atoms with Gasteiger partial charge in [-0.3, -0.25) is 10.1 Å². The third kappa shape index (κ3) is 11.8. The number of carbonyl (C=O) groups is 2. The number of carbonyl (C=O) groups excluding carboxylic acids is 1. The van der Waals surface area contributed by atoms with Crippen molar-refractivity contribution in [1.82, 2.24) is 5.32 Å². The molecule has 90 valence electrons. The summed E-state index contributed by atoms with van der Waals surface area (Å²) in [5, 5.41) is 19.6. The third-order valence-corrected chi connectivity index (χ3v) is 1.31. The van der Waals surface area contributed by atoms with E-state index in [9.17, 15) is 14.7 Å². The molecule has 1 unspecified atom stereocenters. The zero-order chi connectivity index (χ0) is 12.1. The van der Waals surface area contributed by atoms with Crippen LogP contribution in [0.25, 0.3) is 0 Å². The van der Waals surface area contributed by atoms with E-state index in [0.29, 0.717) is 0 Å². The molecule has 0 rings (SSSR count). The Bertz CT molecular complexity index is 239. The van der Waals surface area contributed by atoms with Crippen molar-refractivity contribution in [1.29, 1.82) is 0 Å². The molecule has 0 aliphatic heterocycles. The molecule has 7 heteroatoms. The molecule has 0 saturated heterocycles. The van der Waals surface area contributed by atoms with Crippen LogP contribution >= 0.6 is 0 Å². The molecule has 0 aromatic carbocycles. The number of hydrogen-bond acceptors (Lipinski definition) is 4.